The van der Waals surface area contributed by atoms with E-state index in [-0.39, 0.29) is 5.97 Å². The van der Waals surface area contributed by atoms with E-state index in [9.17, 15) is 4.79 Å². The molecule has 2 aromatic rings. The van der Waals surface area contributed by atoms with Crippen molar-refractivity contribution in [2.24, 2.45) is 0 Å². The average Bonchev–Trinajstić information content (AvgIpc) is 2.67. The molecule has 1 heterocycles. The maximum absolute atomic E-state index is 12.1. The van der Waals surface area contributed by atoms with Gasteiger partial charge in [0.1, 0.15) is 5.75 Å². The smallest absolute Gasteiger partial charge is 0.333 e. The zero-order valence-electron chi connectivity index (χ0n) is 15.9. The number of carbonyl (C=O) groups excluding carboxylic acids is 1. The molecule has 0 amide bonds. The molecule has 5 heteroatoms. The zero-order valence-corrected chi connectivity index (χ0v) is 17.5. The standard InChI is InChI=1S/C22H24BrNO3/c1-15-11-21-18(13-20(15)23)12-17(22(25)27-3)5-4-10-24(21)14-16-6-8-19(26-2)9-7-16/h6-9,11-13H,4-5,10,14H2,1-3H3. The van der Waals surface area contributed by atoms with Crippen molar-refractivity contribution in [3.8, 4) is 5.75 Å². The fraction of sp³-hybridized carbons (Fsp3) is 0.318. The normalized spacial score (nSPS) is 13.9. The van der Waals surface area contributed by atoms with Gasteiger partial charge in [-0.2, -0.15) is 0 Å². The molecule has 27 heavy (non-hydrogen) atoms. The lowest BCUT2D eigenvalue weighted by atomic mass is 9.99. The summed E-state index contributed by atoms with van der Waals surface area (Å²) in [7, 11) is 3.11. The van der Waals surface area contributed by atoms with Gasteiger partial charge in [0.05, 0.1) is 14.2 Å². The molecule has 2 aromatic carbocycles. The molecule has 0 radical (unpaired) electrons. The van der Waals surface area contributed by atoms with Crippen LogP contribution >= 0.6 is 15.9 Å². The number of ether oxygens (including phenoxy) is 2. The van der Waals surface area contributed by atoms with Gasteiger partial charge < -0.3 is 14.4 Å². The topological polar surface area (TPSA) is 38.8 Å². The Bertz CT molecular complexity index is 859. The molecule has 0 atom stereocenters. The number of hydrogen-bond donors (Lipinski definition) is 0. The Labute approximate surface area is 168 Å². The highest BCUT2D eigenvalue weighted by Gasteiger charge is 2.19. The number of aryl methyl sites for hydroxylation is 1. The third-order valence-corrected chi connectivity index (χ3v) is 5.69. The first-order valence-corrected chi connectivity index (χ1v) is 9.78. The number of carbonyl (C=O) groups is 1. The summed E-state index contributed by atoms with van der Waals surface area (Å²) < 4.78 is 11.2. The second-order valence-corrected chi connectivity index (χ2v) is 7.55. The molecule has 0 bridgehead atoms. The third-order valence-electron chi connectivity index (χ3n) is 4.83. The first-order chi connectivity index (χ1) is 13.0. The van der Waals surface area contributed by atoms with E-state index in [1.807, 2.05) is 18.2 Å². The molecule has 1 aliphatic rings. The van der Waals surface area contributed by atoms with Crippen LogP contribution in [0.2, 0.25) is 0 Å². The summed E-state index contributed by atoms with van der Waals surface area (Å²) in [6.07, 6.45) is 3.56. The van der Waals surface area contributed by atoms with E-state index in [4.69, 9.17) is 9.47 Å². The Kier molecular flexibility index (Phi) is 6.22. The largest absolute Gasteiger partial charge is 0.497 e. The highest BCUT2D eigenvalue weighted by molar-refractivity contribution is 9.10. The molecule has 0 unspecified atom stereocenters. The maximum atomic E-state index is 12.1. The van der Waals surface area contributed by atoms with Crippen molar-refractivity contribution in [2.45, 2.75) is 26.3 Å². The van der Waals surface area contributed by atoms with Gasteiger partial charge in [0.25, 0.3) is 0 Å². The summed E-state index contributed by atoms with van der Waals surface area (Å²) in [5.74, 6) is 0.610. The predicted octanol–water partition coefficient (Wildman–Crippen LogP) is 5.12. The Balaban J connectivity index is 1.99. The lowest BCUT2D eigenvalue weighted by molar-refractivity contribution is -0.136. The number of benzene rings is 2. The van der Waals surface area contributed by atoms with Gasteiger partial charge in [-0.3, -0.25) is 0 Å². The Morgan fingerprint density at radius 2 is 1.93 bits per heavy atom. The van der Waals surface area contributed by atoms with Crippen LogP contribution in [0.3, 0.4) is 0 Å². The number of esters is 1. The summed E-state index contributed by atoms with van der Waals surface area (Å²) in [4.78, 5) is 14.5. The van der Waals surface area contributed by atoms with Gasteiger partial charge in [-0.25, -0.2) is 4.79 Å². The minimum absolute atomic E-state index is 0.249. The first-order valence-electron chi connectivity index (χ1n) is 8.98. The van der Waals surface area contributed by atoms with E-state index in [0.29, 0.717) is 6.42 Å². The fourth-order valence-corrected chi connectivity index (χ4v) is 3.68. The van der Waals surface area contributed by atoms with Crippen molar-refractivity contribution in [3.05, 3.63) is 63.1 Å². The minimum Gasteiger partial charge on any atom is -0.497 e. The quantitative estimate of drug-likeness (QED) is 0.631. The Morgan fingerprint density at radius 1 is 1.19 bits per heavy atom. The monoisotopic (exact) mass is 429 g/mol. The second-order valence-electron chi connectivity index (χ2n) is 6.69. The van der Waals surface area contributed by atoms with E-state index >= 15 is 0 Å². The van der Waals surface area contributed by atoms with Crippen LogP contribution in [-0.4, -0.2) is 26.7 Å². The second kappa shape index (κ2) is 8.61. The lowest BCUT2D eigenvalue weighted by Crippen LogP contribution is -2.26. The number of rotatable bonds is 4. The molecular weight excluding hydrogens is 406 g/mol. The molecule has 0 aromatic heterocycles. The van der Waals surface area contributed by atoms with Crippen molar-refractivity contribution >= 4 is 33.7 Å². The SMILES string of the molecule is COC(=O)C1=Cc2cc(Br)c(C)cc2N(Cc2ccc(OC)cc2)CCC1. The van der Waals surface area contributed by atoms with E-state index in [1.54, 1.807) is 7.11 Å². The minimum atomic E-state index is -0.249. The van der Waals surface area contributed by atoms with Crippen LogP contribution in [0.4, 0.5) is 5.69 Å². The van der Waals surface area contributed by atoms with Crippen molar-refractivity contribution in [2.75, 3.05) is 25.7 Å². The summed E-state index contributed by atoms with van der Waals surface area (Å²) in [6, 6.07) is 12.4. The Hall–Kier alpha value is -2.27. The molecule has 0 spiro atoms. The summed E-state index contributed by atoms with van der Waals surface area (Å²) in [5, 5.41) is 0. The van der Waals surface area contributed by atoms with E-state index in [0.717, 1.165) is 46.6 Å². The molecule has 3 rings (SSSR count). The van der Waals surface area contributed by atoms with Gasteiger partial charge in [-0.1, -0.05) is 28.1 Å². The molecule has 1 aliphatic heterocycles. The lowest BCUT2D eigenvalue weighted by Gasteiger charge is -2.29. The predicted molar refractivity (Wildman–Crippen MR) is 112 cm³/mol. The molecule has 142 valence electrons. The van der Waals surface area contributed by atoms with Gasteiger partial charge in [0.15, 0.2) is 0 Å². The van der Waals surface area contributed by atoms with Crippen LogP contribution in [0.15, 0.2) is 46.4 Å². The molecular formula is C22H24BrNO3. The number of nitrogens with zero attached hydrogens (tertiary/aromatic N) is 1. The highest BCUT2D eigenvalue weighted by Crippen LogP contribution is 2.33. The van der Waals surface area contributed by atoms with Crippen molar-refractivity contribution < 1.29 is 14.3 Å². The summed E-state index contributed by atoms with van der Waals surface area (Å²) in [6.45, 7) is 3.76. The van der Waals surface area contributed by atoms with Crippen molar-refractivity contribution in [1.29, 1.82) is 0 Å². The molecule has 0 saturated heterocycles. The average molecular weight is 430 g/mol. The van der Waals surface area contributed by atoms with E-state index in [1.165, 1.54) is 18.2 Å². The number of hydrogen-bond acceptors (Lipinski definition) is 4. The van der Waals surface area contributed by atoms with Gasteiger partial charge >= 0.3 is 5.97 Å². The number of anilines is 1. The van der Waals surface area contributed by atoms with E-state index < -0.39 is 0 Å². The van der Waals surface area contributed by atoms with Crippen LogP contribution in [0.5, 0.6) is 5.75 Å². The van der Waals surface area contributed by atoms with Crippen LogP contribution < -0.4 is 9.64 Å². The Morgan fingerprint density at radius 3 is 2.59 bits per heavy atom. The molecule has 0 N–H and O–H groups in total. The van der Waals surface area contributed by atoms with Gasteiger partial charge in [0.2, 0.25) is 0 Å². The van der Waals surface area contributed by atoms with Crippen molar-refractivity contribution in [1.82, 2.24) is 0 Å². The van der Waals surface area contributed by atoms with Crippen LogP contribution in [-0.2, 0) is 16.1 Å². The van der Waals surface area contributed by atoms with Gasteiger partial charge in [-0.05, 0) is 66.8 Å². The van der Waals surface area contributed by atoms with Crippen LogP contribution in [0.1, 0.15) is 29.5 Å². The molecule has 0 saturated carbocycles. The first kappa shape index (κ1) is 19.5. The van der Waals surface area contributed by atoms with E-state index in [2.05, 4.69) is 52.0 Å². The molecule has 0 aliphatic carbocycles. The number of methoxy groups -OCH3 is 2. The molecule has 0 fully saturated rings. The fourth-order valence-electron chi connectivity index (χ4n) is 3.32. The third kappa shape index (κ3) is 4.53. The van der Waals surface area contributed by atoms with Crippen LogP contribution in [0.25, 0.3) is 6.08 Å². The maximum Gasteiger partial charge on any atom is 0.333 e. The summed E-state index contributed by atoms with van der Waals surface area (Å²) in [5.41, 5.74) is 5.27. The van der Waals surface area contributed by atoms with Crippen LogP contribution in [0, 0.1) is 6.92 Å². The van der Waals surface area contributed by atoms with Crippen molar-refractivity contribution in [3.63, 3.8) is 0 Å². The van der Waals surface area contributed by atoms with Gasteiger partial charge in [0, 0.05) is 28.8 Å². The highest BCUT2D eigenvalue weighted by atomic mass is 79.9. The number of fused-ring (bicyclic) bond motifs is 1. The molecule has 4 nitrogen and oxygen atoms in total. The zero-order chi connectivity index (χ0) is 19.4. The number of halogens is 1. The summed E-state index contributed by atoms with van der Waals surface area (Å²) >= 11 is 3.62. The van der Waals surface area contributed by atoms with Gasteiger partial charge in [-0.15, -0.1) is 0 Å².